The highest BCUT2D eigenvalue weighted by molar-refractivity contribution is 5.77. The van der Waals surface area contributed by atoms with Crippen LogP contribution in [0.4, 0.5) is 4.79 Å². The lowest BCUT2D eigenvalue weighted by Crippen LogP contribution is -2.35. The summed E-state index contributed by atoms with van der Waals surface area (Å²) in [5.74, 6) is 0. The lowest BCUT2D eigenvalue weighted by atomic mass is 10.3. The summed E-state index contributed by atoms with van der Waals surface area (Å²) >= 11 is 0. The molecule has 68 valence electrons. The van der Waals surface area contributed by atoms with Crippen molar-refractivity contribution in [3.05, 3.63) is 0 Å². The molecule has 2 aliphatic rings. The molecule has 2 fully saturated rings. The van der Waals surface area contributed by atoms with E-state index in [2.05, 4.69) is 0 Å². The van der Waals surface area contributed by atoms with E-state index in [1.807, 2.05) is 11.9 Å². The van der Waals surface area contributed by atoms with Crippen LogP contribution < -0.4 is 5.73 Å². The van der Waals surface area contributed by atoms with Crippen LogP contribution in [0.3, 0.4) is 0 Å². The van der Waals surface area contributed by atoms with E-state index < -0.39 is 0 Å². The highest BCUT2D eigenvalue weighted by Crippen LogP contribution is 2.30. The molecule has 1 saturated carbocycles. The van der Waals surface area contributed by atoms with Gasteiger partial charge >= 0.3 is 6.03 Å². The van der Waals surface area contributed by atoms with Gasteiger partial charge in [0, 0.05) is 26.2 Å². The van der Waals surface area contributed by atoms with Crippen LogP contribution in [0.5, 0.6) is 0 Å². The lowest BCUT2D eigenvalue weighted by Gasteiger charge is -2.15. The van der Waals surface area contributed by atoms with Gasteiger partial charge in [-0.15, -0.1) is 0 Å². The first kappa shape index (κ1) is 7.86. The topological polar surface area (TPSA) is 49.6 Å². The SMILES string of the molecule is CN1C(=O)N(C2CC2)CC1CN. The Labute approximate surface area is 72.3 Å². The van der Waals surface area contributed by atoms with Gasteiger partial charge in [-0.1, -0.05) is 0 Å². The number of hydrogen-bond donors (Lipinski definition) is 1. The molecule has 0 spiro atoms. The molecule has 12 heavy (non-hydrogen) atoms. The number of likely N-dealkylation sites (N-methyl/N-ethyl adjacent to an activating group) is 1. The van der Waals surface area contributed by atoms with E-state index in [9.17, 15) is 4.79 Å². The molecule has 1 aliphatic heterocycles. The first-order chi connectivity index (χ1) is 5.74. The summed E-state index contributed by atoms with van der Waals surface area (Å²) in [6.45, 7) is 1.40. The van der Waals surface area contributed by atoms with Gasteiger partial charge in [0.05, 0.1) is 6.04 Å². The third kappa shape index (κ3) is 1.06. The first-order valence-electron chi connectivity index (χ1n) is 4.47. The van der Waals surface area contributed by atoms with E-state index in [0.717, 1.165) is 6.54 Å². The Balaban J connectivity index is 2.05. The standard InChI is InChI=1S/C8H15N3O/c1-10-7(4-9)5-11(8(10)12)6-2-3-6/h6-7H,2-5,9H2,1H3. The van der Waals surface area contributed by atoms with Gasteiger partial charge in [0.25, 0.3) is 0 Å². The molecule has 0 aromatic rings. The number of nitrogens with zero attached hydrogens (tertiary/aromatic N) is 2. The Kier molecular flexibility index (Phi) is 1.72. The molecule has 1 heterocycles. The Hall–Kier alpha value is -0.770. The summed E-state index contributed by atoms with van der Waals surface area (Å²) in [5, 5.41) is 0. The predicted molar refractivity (Wildman–Crippen MR) is 45.7 cm³/mol. The number of nitrogens with two attached hydrogens (primary N) is 1. The molecule has 4 heteroatoms. The summed E-state index contributed by atoms with van der Waals surface area (Å²) in [6, 6.07) is 0.919. The van der Waals surface area contributed by atoms with Crippen molar-refractivity contribution in [2.45, 2.75) is 24.9 Å². The first-order valence-corrected chi connectivity index (χ1v) is 4.47. The van der Waals surface area contributed by atoms with Crippen LogP contribution >= 0.6 is 0 Å². The van der Waals surface area contributed by atoms with Gasteiger partial charge in [0.2, 0.25) is 0 Å². The number of carbonyl (C=O) groups excluding carboxylic acids is 1. The quantitative estimate of drug-likeness (QED) is 0.624. The minimum absolute atomic E-state index is 0.160. The van der Waals surface area contributed by atoms with Crippen LogP contribution in [0.25, 0.3) is 0 Å². The molecule has 0 radical (unpaired) electrons. The third-order valence-corrected chi connectivity index (χ3v) is 2.76. The molecule has 0 aromatic carbocycles. The summed E-state index contributed by atoms with van der Waals surface area (Å²) < 4.78 is 0. The van der Waals surface area contributed by atoms with E-state index in [0.29, 0.717) is 12.6 Å². The molecule has 1 atom stereocenters. The van der Waals surface area contributed by atoms with Crippen molar-refractivity contribution < 1.29 is 4.79 Å². The zero-order valence-electron chi connectivity index (χ0n) is 7.36. The van der Waals surface area contributed by atoms with Crippen LogP contribution in [0.2, 0.25) is 0 Å². The summed E-state index contributed by atoms with van der Waals surface area (Å²) in [7, 11) is 1.84. The summed E-state index contributed by atoms with van der Waals surface area (Å²) in [6.07, 6.45) is 2.35. The fourth-order valence-electron chi connectivity index (χ4n) is 1.71. The van der Waals surface area contributed by atoms with E-state index >= 15 is 0 Å². The number of carbonyl (C=O) groups is 1. The minimum atomic E-state index is 0.160. The fourth-order valence-corrected chi connectivity index (χ4v) is 1.71. The van der Waals surface area contributed by atoms with Crippen molar-refractivity contribution in [1.29, 1.82) is 0 Å². The number of hydrogen-bond acceptors (Lipinski definition) is 2. The molecule has 1 unspecified atom stereocenters. The maximum atomic E-state index is 11.6. The van der Waals surface area contributed by atoms with Crippen LogP contribution in [0.1, 0.15) is 12.8 Å². The van der Waals surface area contributed by atoms with Crippen molar-refractivity contribution in [2.24, 2.45) is 5.73 Å². The second-order valence-electron chi connectivity index (χ2n) is 3.67. The van der Waals surface area contributed by atoms with Crippen molar-refractivity contribution in [3.63, 3.8) is 0 Å². The second kappa shape index (κ2) is 2.62. The highest BCUT2D eigenvalue weighted by atomic mass is 16.2. The van der Waals surface area contributed by atoms with Gasteiger partial charge in [-0.2, -0.15) is 0 Å². The number of urea groups is 1. The van der Waals surface area contributed by atoms with Gasteiger partial charge in [0.15, 0.2) is 0 Å². The molecule has 2 amide bonds. The zero-order valence-corrected chi connectivity index (χ0v) is 7.36. The Morgan fingerprint density at radius 2 is 2.25 bits per heavy atom. The fraction of sp³-hybridized carbons (Fsp3) is 0.875. The smallest absolute Gasteiger partial charge is 0.320 e. The van der Waals surface area contributed by atoms with E-state index in [1.165, 1.54) is 12.8 Å². The maximum absolute atomic E-state index is 11.6. The van der Waals surface area contributed by atoms with Crippen molar-refractivity contribution in [1.82, 2.24) is 9.80 Å². The van der Waals surface area contributed by atoms with Gasteiger partial charge < -0.3 is 15.5 Å². The average Bonchev–Trinajstić information content (AvgIpc) is 2.84. The average molecular weight is 169 g/mol. The molecule has 4 nitrogen and oxygen atoms in total. The highest BCUT2D eigenvalue weighted by Gasteiger charge is 2.41. The minimum Gasteiger partial charge on any atom is -0.328 e. The summed E-state index contributed by atoms with van der Waals surface area (Å²) in [4.78, 5) is 15.3. The lowest BCUT2D eigenvalue weighted by molar-refractivity contribution is 0.194. The maximum Gasteiger partial charge on any atom is 0.320 e. The van der Waals surface area contributed by atoms with Crippen molar-refractivity contribution in [2.75, 3.05) is 20.1 Å². The van der Waals surface area contributed by atoms with Gasteiger partial charge in [-0.3, -0.25) is 0 Å². The van der Waals surface area contributed by atoms with Gasteiger partial charge in [-0.05, 0) is 12.8 Å². The Morgan fingerprint density at radius 3 is 2.67 bits per heavy atom. The van der Waals surface area contributed by atoms with Crippen LogP contribution in [-0.2, 0) is 0 Å². The molecule has 0 aromatic heterocycles. The third-order valence-electron chi connectivity index (χ3n) is 2.76. The number of rotatable bonds is 2. The largest absolute Gasteiger partial charge is 0.328 e. The number of amides is 2. The van der Waals surface area contributed by atoms with E-state index in [1.54, 1.807) is 4.90 Å². The van der Waals surface area contributed by atoms with E-state index in [-0.39, 0.29) is 12.1 Å². The van der Waals surface area contributed by atoms with E-state index in [4.69, 9.17) is 5.73 Å². The predicted octanol–water partition coefficient (Wildman–Crippen LogP) is -0.157. The van der Waals surface area contributed by atoms with Gasteiger partial charge in [0.1, 0.15) is 0 Å². The van der Waals surface area contributed by atoms with Crippen molar-refractivity contribution >= 4 is 6.03 Å². The molecular formula is C8H15N3O. The molecular weight excluding hydrogens is 154 g/mol. The molecule has 2 N–H and O–H groups in total. The molecule has 0 bridgehead atoms. The second-order valence-corrected chi connectivity index (χ2v) is 3.67. The Bertz CT molecular complexity index is 202. The van der Waals surface area contributed by atoms with Gasteiger partial charge in [-0.25, -0.2) is 4.79 Å². The zero-order chi connectivity index (χ0) is 8.72. The molecule has 1 saturated heterocycles. The van der Waals surface area contributed by atoms with Crippen molar-refractivity contribution in [3.8, 4) is 0 Å². The van der Waals surface area contributed by atoms with Crippen LogP contribution in [0, 0.1) is 0 Å². The monoisotopic (exact) mass is 169 g/mol. The van der Waals surface area contributed by atoms with Crippen LogP contribution in [-0.4, -0.2) is 48.1 Å². The normalized spacial score (nSPS) is 30.2. The van der Waals surface area contributed by atoms with Crippen LogP contribution in [0.15, 0.2) is 0 Å². The molecule has 2 rings (SSSR count). The Morgan fingerprint density at radius 1 is 1.58 bits per heavy atom. The molecule has 1 aliphatic carbocycles. The summed E-state index contributed by atoms with van der Waals surface area (Å²) in [5.41, 5.74) is 5.55.